The van der Waals surface area contributed by atoms with Crippen LogP contribution in [0.2, 0.25) is 0 Å². The molecule has 0 aliphatic heterocycles. The average Bonchev–Trinajstić information content (AvgIpc) is 2.62. The first kappa shape index (κ1) is 19.5. The van der Waals surface area contributed by atoms with Crippen molar-refractivity contribution in [2.24, 2.45) is 0 Å². The first-order valence-electron chi connectivity index (χ1n) is 7.99. The third-order valence-electron chi connectivity index (χ3n) is 4.18. The summed E-state index contributed by atoms with van der Waals surface area (Å²) in [5.74, 6) is 0.190. The molecule has 0 aliphatic rings. The molecule has 0 radical (unpaired) electrons. The molecule has 0 saturated heterocycles. The molecule has 126 valence electrons. The molecule has 4 rings (SSSR count). The van der Waals surface area contributed by atoms with Gasteiger partial charge in [-0.3, -0.25) is 0 Å². The Morgan fingerprint density at radius 1 is 0.654 bits per heavy atom. The van der Waals surface area contributed by atoms with Gasteiger partial charge in [0.2, 0.25) is 0 Å². The summed E-state index contributed by atoms with van der Waals surface area (Å²) in [5.41, 5.74) is 0.735. The van der Waals surface area contributed by atoms with Gasteiger partial charge in [-0.1, -0.05) is 78.9 Å². The summed E-state index contributed by atoms with van der Waals surface area (Å²) in [5, 5.41) is 3.67. The fourth-order valence-corrected chi connectivity index (χ4v) is 4.15. The Morgan fingerprint density at radius 3 is 1.92 bits per heavy atom. The van der Waals surface area contributed by atoms with Crippen LogP contribution in [0.3, 0.4) is 0 Å². The van der Waals surface area contributed by atoms with Crippen LogP contribution in [0.15, 0.2) is 84.9 Å². The van der Waals surface area contributed by atoms with E-state index >= 15 is 0 Å². The van der Waals surface area contributed by atoms with Crippen LogP contribution in [-0.4, -0.2) is 59.8 Å². The number of benzene rings is 4. The number of hydrogen-bond acceptors (Lipinski definition) is 3. The van der Waals surface area contributed by atoms with Crippen LogP contribution in [-0.2, 0) is 15.9 Å². The van der Waals surface area contributed by atoms with E-state index in [1.165, 1.54) is 0 Å². The van der Waals surface area contributed by atoms with Gasteiger partial charge in [-0.15, -0.1) is 0 Å². The summed E-state index contributed by atoms with van der Waals surface area (Å²) in [6, 6.07) is 26.4. The van der Waals surface area contributed by atoms with Crippen LogP contribution in [0.4, 0.5) is 0 Å². The SMILES string of the molecule is O=S(=O)(Cc1cccc2ccccc12)Oc1cccc2ccccc12.[KH]. The van der Waals surface area contributed by atoms with Crippen molar-refractivity contribution in [3.05, 3.63) is 90.5 Å². The van der Waals surface area contributed by atoms with E-state index in [2.05, 4.69) is 0 Å². The van der Waals surface area contributed by atoms with E-state index in [-0.39, 0.29) is 57.1 Å². The number of rotatable bonds is 4. The second-order valence-electron chi connectivity index (χ2n) is 5.90. The summed E-state index contributed by atoms with van der Waals surface area (Å²) in [7, 11) is -3.77. The van der Waals surface area contributed by atoms with E-state index in [4.69, 9.17) is 4.18 Å². The molecule has 4 aromatic rings. The molecule has 0 aliphatic carbocycles. The van der Waals surface area contributed by atoms with Crippen LogP contribution in [0, 0.1) is 0 Å². The Balaban J connectivity index is 0.00000196. The Morgan fingerprint density at radius 2 is 1.19 bits per heavy atom. The van der Waals surface area contributed by atoms with Crippen LogP contribution in [0.5, 0.6) is 5.75 Å². The van der Waals surface area contributed by atoms with E-state index in [0.29, 0.717) is 5.75 Å². The minimum atomic E-state index is -3.77. The number of hydrogen-bond donors (Lipinski definition) is 0. The molecule has 0 atom stereocenters. The molecule has 0 saturated carbocycles. The van der Waals surface area contributed by atoms with E-state index < -0.39 is 10.1 Å². The van der Waals surface area contributed by atoms with E-state index in [0.717, 1.165) is 27.1 Å². The molecular weight excluding hydrogens is 371 g/mol. The van der Waals surface area contributed by atoms with Crippen molar-refractivity contribution in [3.8, 4) is 5.75 Å². The van der Waals surface area contributed by atoms with Crippen molar-refractivity contribution in [3.63, 3.8) is 0 Å². The van der Waals surface area contributed by atoms with Crippen LogP contribution in [0.25, 0.3) is 21.5 Å². The maximum absolute atomic E-state index is 12.6. The first-order chi connectivity index (χ1) is 12.1. The van der Waals surface area contributed by atoms with Crippen molar-refractivity contribution < 1.29 is 12.6 Å². The Hall–Kier alpha value is -1.21. The second-order valence-corrected chi connectivity index (χ2v) is 7.47. The van der Waals surface area contributed by atoms with Crippen molar-refractivity contribution in [1.82, 2.24) is 0 Å². The van der Waals surface area contributed by atoms with Crippen molar-refractivity contribution in [2.45, 2.75) is 5.75 Å². The Labute approximate surface area is 195 Å². The predicted octanol–water partition coefficient (Wildman–Crippen LogP) is 4.25. The third-order valence-corrected chi connectivity index (χ3v) is 5.28. The van der Waals surface area contributed by atoms with E-state index in [1.54, 1.807) is 12.1 Å². The fraction of sp³-hybridized carbons (Fsp3) is 0.0476. The molecule has 0 aromatic heterocycles. The van der Waals surface area contributed by atoms with Crippen LogP contribution >= 0.6 is 0 Å². The van der Waals surface area contributed by atoms with E-state index in [1.807, 2.05) is 72.8 Å². The maximum atomic E-state index is 12.6. The van der Waals surface area contributed by atoms with Crippen molar-refractivity contribution >= 4 is 83.0 Å². The fourth-order valence-electron chi connectivity index (χ4n) is 3.04. The molecule has 3 nitrogen and oxygen atoms in total. The molecule has 0 heterocycles. The van der Waals surface area contributed by atoms with Gasteiger partial charge in [0.1, 0.15) is 11.5 Å². The molecule has 0 amide bonds. The standard InChI is InChI=1S/C21H16O3S.K.H/c22-25(23,15-18-11-5-9-16-7-1-3-12-19(16)18)24-21-14-6-10-17-8-2-4-13-20(17)21;;/h1-14H,15H2;;. The Bertz CT molecular complexity index is 1070. The summed E-state index contributed by atoms with van der Waals surface area (Å²) in [6.45, 7) is 0. The minimum absolute atomic E-state index is 0. The molecule has 5 heteroatoms. The van der Waals surface area contributed by atoms with Gasteiger partial charge in [-0.05, 0) is 27.8 Å². The first-order valence-corrected chi connectivity index (χ1v) is 9.57. The summed E-state index contributed by atoms with van der Waals surface area (Å²) in [4.78, 5) is 0. The van der Waals surface area contributed by atoms with Crippen LogP contribution in [0.1, 0.15) is 5.56 Å². The molecule has 4 aromatic carbocycles. The number of fused-ring (bicyclic) bond motifs is 2. The van der Waals surface area contributed by atoms with Gasteiger partial charge in [0.15, 0.2) is 0 Å². The predicted molar refractivity (Wildman–Crippen MR) is 108 cm³/mol. The third kappa shape index (κ3) is 4.19. The van der Waals surface area contributed by atoms with Gasteiger partial charge in [0, 0.05) is 5.39 Å². The van der Waals surface area contributed by atoms with Gasteiger partial charge in [-0.25, -0.2) is 0 Å². The van der Waals surface area contributed by atoms with Crippen molar-refractivity contribution in [1.29, 1.82) is 0 Å². The molecule has 0 unspecified atom stereocenters. The topological polar surface area (TPSA) is 43.4 Å². The summed E-state index contributed by atoms with van der Waals surface area (Å²) >= 11 is 0. The molecular formula is C21H17KO3S. The molecule has 0 spiro atoms. The van der Waals surface area contributed by atoms with E-state index in [9.17, 15) is 8.42 Å². The van der Waals surface area contributed by atoms with Gasteiger partial charge >= 0.3 is 61.5 Å². The second kappa shape index (κ2) is 8.21. The average molecular weight is 389 g/mol. The molecule has 0 N–H and O–H groups in total. The summed E-state index contributed by atoms with van der Waals surface area (Å²) in [6.07, 6.45) is 0. The zero-order valence-corrected chi connectivity index (χ0v) is 14.2. The van der Waals surface area contributed by atoms with Crippen molar-refractivity contribution in [2.75, 3.05) is 0 Å². The molecule has 0 bridgehead atoms. The summed E-state index contributed by atoms with van der Waals surface area (Å²) < 4.78 is 30.7. The van der Waals surface area contributed by atoms with Gasteiger partial charge in [0.05, 0.1) is 0 Å². The zero-order valence-electron chi connectivity index (χ0n) is 13.4. The Kier molecular flexibility index (Phi) is 6.17. The molecule has 0 fully saturated rings. The van der Waals surface area contributed by atoms with Gasteiger partial charge in [0.25, 0.3) is 0 Å². The van der Waals surface area contributed by atoms with Gasteiger partial charge in [-0.2, -0.15) is 8.42 Å². The normalized spacial score (nSPS) is 11.2. The van der Waals surface area contributed by atoms with Gasteiger partial charge < -0.3 is 4.18 Å². The van der Waals surface area contributed by atoms with Crippen LogP contribution < -0.4 is 4.18 Å². The quantitative estimate of drug-likeness (QED) is 0.388. The zero-order chi connectivity index (χ0) is 17.3. The molecule has 26 heavy (non-hydrogen) atoms. The monoisotopic (exact) mass is 388 g/mol.